The van der Waals surface area contributed by atoms with Crippen molar-refractivity contribution in [3.05, 3.63) is 89.7 Å². The molecule has 2 heterocycles. The number of fused-ring (bicyclic) bond motifs is 1. The first-order chi connectivity index (χ1) is 15.5. The number of benzene rings is 2. The summed E-state index contributed by atoms with van der Waals surface area (Å²) in [6.07, 6.45) is 1.72. The van der Waals surface area contributed by atoms with Crippen LogP contribution in [0, 0.1) is 0 Å². The predicted molar refractivity (Wildman–Crippen MR) is 124 cm³/mol. The van der Waals surface area contributed by atoms with Gasteiger partial charge in [-0.15, -0.1) is 0 Å². The fourth-order valence-electron chi connectivity index (χ4n) is 3.64. The zero-order valence-corrected chi connectivity index (χ0v) is 17.8. The van der Waals surface area contributed by atoms with Crippen molar-refractivity contribution in [2.24, 2.45) is 0 Å². The number of carbonyl (C=O) groups is 2. The zero-order valence-electron chi connectivity index (χ0n) is 17.8. The van der Waals surface area contributed by atoms with Crippen molar-refractivity contribution in [3.63, 3.8) is 0 Å². The third-order valence-corrected chi connectivity index (χ3v) is 5.11. The third-order valence-electron chi connectivity index (χ3n) is 5.11. The molecule has 7 nitrogen and oxygen atoms in total. The van der Waals surface area contributed by atoms with E-state index in [1.807, 2.05) is 13.0 Å². The molecule has 3 N–H and O–H groups in total. The van der Waals surface area contributed by atoms with Crippen molar-refractivity contribution < 1.29 is 19.1 Å². The number of hydrogen-bond acceptors (Lipinski definition) is 5. The lowest BCUT2D eigenvalue weighted by molar-refractivity contribution is 0.102. The van der Waals surface area contributed by atoms with Gasteiger partial charge in [-0.25, -0.2) is 0 Å². The first-order valence-corrected chi connectivity index (χ1v) is 10.2. The molecule has 0 bridgehead atoms. The van der Waals surface area contributed by atoms with Gasteiger partial charge in [0.2, 0.25) is 5.78 Å². The average Bonchev–Trinajstić information content (AvgIpc) is 3.11. The standard InChI is InChI=1S/C25H23N3O4/c1-3-32-17-13-11-16(12-14-17)24(29)23-22(26)21(19-9-6-7-15-28(19)23)25(30)27-18-8-4-5-10-20(18)31-2/h4-15H,3,26H2,1-2H3,(H,27,30). The summed E-state index contributed by atoms with van der Waals surface area (Å²) in [7, 11) is 1.53. The molecule has 162 valence electrons. The molecular weight excluding hydrogens is 406 g/mol. The maximum atomic E-state index is 13.4. The number of ketones is 1. The van der Waals surface area contributed by atoms with Crippen LogP contribution < -0.4 is 20.5 Å². The second-order valence-corrected chi connectivity index (χ2v) is 7.03. The van der Waals surface area contributed by atoms with Crippen molar-refractivity contribution in [3.8, 4) is 11.5 Å². The van der Waals surface area contributed by atoms with Crippen molar-refractivity contribution in [2.45, 2.75) is 6.92 Å². The van der Waals surface area contributed by atoms with Gasteiger partial charge in [-0.2, -0.15) is 0 Å². The van der Waals surface area contributed by atoms with E-state index in [-0.39, 0.29) is 22.7 Å². The molecule has 2 aromatic heterocycles. The maximum absolute atomic E-state index is 13.4. The average molecular weight is 429 g/mol. The van der Waals surface area contributed by atoms with Gasteiger partial charge in [-0.3, -0.25) is 9.59 Å². The summed E-state index contributed by atoms with van der Waals surface area (Å²) in [5, 5.41) is 2.84. The quantitative estimate of drug-likeness (QED) is 0.424. The molecule has 0 saturated carbocycles. The minimum atomic E-state index is -0.429. The zero-order chi connectivity index (χ0) is 22.7. The number of aromatic nitrogens is 1. The van der Waals surface area contributed by atoms with E-state index in [0.29, 0.717) is 34.9 Å². The highest BCUT2D eigenvalue weighted by atomic mass is 16.5. The highest BCUT2D eigenvalue weighted by Crippen LogP contribution is 2.31. The molecule has 0 spiro atoms. The number of anilines is 2. The Morgan fingerprint density at radius 3 is 2.44 bits per heavy atom. The monoisotopic (exact) mass is 429 g/mol. The van der Waals surface area contributed by atoms with Crippen molar-refractivity contribution in [2.75, 3.05) is 24.8 Å². The van der Waals surface area contributed by atoms with Gasteiger partial charge in [0.1, 0.15) is 17.2 Å². The van der Waals surface area contributed by atoms with Gasteiger partial charge >= 0.3 is 0 Å². The number of carbonyl (C=O) groups excluding carboxylic acids is 2. The number of para-hydroxylation sites is 2. The molecule has 0 saturated heterocycles. The molecule has 4 aromatic rings. The van der Waals surface area contributed by atoms with E-state index in [0.717, 1.165) is 0 Å². The third kappa shape index (κ3) is 3.76. The number of nitrogens with zero attached hydrogens (tertiary/aromatic N) is 1. The van der Waals surface area contributed by atoms with E-state index in [4.69, 9.17) is 15.2 Å². The molecular formula is C25H23N3O4. The van der Waals surface area contributed by atoms with Crippen LogP contribution in [-0.4, -0.2) is 29.8 Å². The normalized spacial score (nSPS) is 10.7. The molecule has 7 heteroatoms. The molecule has 4 rings (SSSR count). The maximum Gasteiger partial charge on any atom is 0.260 e. The Morgan fingerprint density at radius 2 is 1.72 bits per heavy atom. The number of rotatable bonds is 7. The van der Waals surface area contributed by atoms with Crippen LogP contribution in [0.25, 0.3) is 5.52 Å². The number of nitrogens with one attached hydrogen (secondary N) is 1. The van der Waals surface area contributed by atoms with E-state index < -0.39 is 5.91 Å². The van der Waals surface area contributed by atoms with Crippen LogP contribution in [-0.2, 0) is 0 Å². The van der Waals surface area contributed by atoms with Gasteiger partial charge in [-0.1, -0.05) is 18.2 Å². The van der Waals surface area contributed by atoms with Gasteiger partial charge in [-0.05, 0) is 55.5 Å². The van der Waals surface area contributed by atoms with Crippen molar-refractivity contribution >= 4 is 28.6 Å². The van der Waals surface area contributed by atoms with Crippen LogP contribution in [0.15, 0.2) is 72.9 Å². The molecule has 0 radical (unpaired) electrons. The van der Waals surface area contributed by atoms with E-state index in [9.17, 15) is 9.59 Å². The van der Waals surface area contributed by atoms with Crippen LogP contribution in [0.3, 0.4) is 0 Å². The summed E-state index contributed by atoms with van der Waals surface area (Å²) in [6, 6.07) is 19.2. The minimum absolute atomic E-state index is 0.113. The van der Waals surface area contributed by atoms with Gasteiger partial charge < -0.3 is 24.9 Å². The highest BCUT2D eigenvalue weighted by Gasteiger charge is 2.26. The molecule has 1 amide bonds. The van der Waals surface area contributed by atoms with E-state index in [2.05, 4.69) is 5.32 Å². The number of hydrogen-bond donors (Lipinski definition) is 2. The van der Waals surface area contributed by atoms with Crippen LogP contribution in [0.2, 0.25) is 0 Å². The Morgan fingerprint density at radius 1 is 1.00 bits per heavy atom. The number of ether oxygens (including phenoxy) is 2. The molecule has 0 fully saturated rings. The van der Waals surface area contributed by atoms with Crippen molar-refractivity contribution in [1.29, 1.82) is 0 Å². The first-order valence-electron chi connectivity index (χ1n) is 10.2. The van der Waals surface area contributed by atoms with E-state index >= 15 is 0 Å². The summed E-state index contributed by atoms with van der Waals surface area (Å²) in [5.41, 5.74) is 8.46. The van der Waals surface area contributed by atoms with E-state index in [1.165, 1.54) is 7.11 Å². The lowest BCUT2D eigenvalue weighted by Gasteiger charge is -2.10. The molecule has 32 heavy (non-hydrogen) atoms. The molecule has 0 aliphatic heterocycles. The summed E-state index contributed by atoms with van der Waals surface area (Å²) >= 11 is 0. The fraction of sp³-hybridized carbons (Fsp3) is 0.120. The predicted octanol–water partition coefficient (Wildman–Crippen LogP) is 4.41. The lowest BCUT2D eigenvalue weighted by Crippen LogP contribution is -2.14. The van der Waals surface area contributed by atoms with Crippen LogP contribution >= 0.6 is 0 Å². The fourth-order valence-corrected chi connectivity index (χ4v) is 3.64. The molecule has 0 aliphatic rings. The molecule has 0 atom stereocenters. The summed E-state index contributed by atoms with van der Waals surface area (Å²) in [6.45, 7) is 2.43. The Kier molecular flexibility index (Phi) is 5.81. The summed E-state index contributed by atoms with van der Waals surface area (Å²) in [4.78, 5) is 26.6. The Balaban J connectivity index is 1.76. The molecule has 0 unspecified atom stereocenters. The Labute approximate surface area is 185 Å². The minimum Gasteiger partial charge on any atom is -0.495 e. The van der Waals surface area contributed by atoms with Crippen LogP contribution in [0.5, 0.6) is 11.5 Å². The second kappa shape index (κ2) is 8.85. The molecule has 2 aromatic carbocycles. The number of nitrogen functional groups attached to an aromatic ring is 1. The van der Waals surface area contributed by atoms with Crippen LogP contribution in [0.1, 0.15) is 33.3 Å². The SMILES string of the molecule is CCOc1ccc(C(=O)c2c(N)c(C(=O)Nc3ccccc3OC)c3ccccn23)cc1. The van der Waals surface area contributed by atoms with Gasteiger partial charge in [0.25, 0.3) is 5.91 Å². The number of amides is 1. The summed E-state index contributed by atoms with van der Waals surface area (Å²) in [5.74, 6) is 0.479. The number of pyridine rings is 1. The van der Waals surface area contributed by atoms with Gasteiger partial charge in [0.05, 0.1) is 36.2 Å². The van der Waals surface area contributed by atoms with Crippen molar-refractivity contribution in [1.82, 2.24) is 4.40 Å². The lowest BCUT2D eigenvalue weighted by atomic mass is 10.1. The Bertz CT molecular complexity index is 1290. The largest absolute Gasteiger partial charge is 0.495 e. The van der Waals surface area contributed by atoms with Gasteiger partial charge in [0.15, 0.2) is 0 Å². The smallest absolute Gasteiger partial charge is 0.260 e. The number of methoxy groups -OCH3 is 1. The van der Waals surface area contributed by atoms with E-state index in [1.54, 1.807) is 71.3 Å². The topological polar surface area (TPSA) is 95.1 Å². The first kappa shape index (κ1) is 21.0. The number of nitrogens with two attached hydrogens (primary N) is 1. The van der Waals surface area contributed by atoms with Gasteiger partial charge in [0, 0.05) is 11.8 Å². The Hall–Kier alpha value is -4.26. The molecule has 0 aliphatic carbocycles. The highest BCUT2D eigenvalue weighted by molar-refractivity contribution is 6.20. The van der Waals surface area contributed by atoms with Crippen LogP contribution in [0.4, 0.5) is 11.4 Å². The summed E-state index contributed by atoms with van der Waals surface area (Å²) < 4.78 is 12.4. The second-order valence-electron chi connectivity index (χ2n) is 7.03.